The Hall–Kier alpha value is -3.26. The van der Waals surface area contributed by atoms with Crippen LogP contribution in [-0.4, -0.2) is 20.1 Å². The van der Waals surface area contributed by atoms with Gasteiger partial charge in [-0.2, -0.15) is 5.26 Å². The second kappa shape index (κ2) is 8.39. The van der Waals surface area contributed by atoms with Crippen LogP contribution in [-0.2, 0) is 11.2 Å². The number of para-hydroxylation sites is 1. The third kappa shape index (κ3) is 4.37. The fourth-order valence-electron chi connectivity index (χ4n) is 2.19. The SMILES string of the molecule is COc1cccc(/C=C/C(=O)Nc2ccc(CC#N)cc2)c1OC. The van der Waals surface area contributed by atoms with E-state index in [1.165, 1.54) is 6.08 Å². The molecule has 2 rings (SSSR count). The molecule has 2 aromatic rings. The zero-order valence-corrected chi connectivity index (χ0v) is 13.6. The summed E-state index contributed by atoms with van der Waals surface area (Å²) in [4.78, 5) is 12.0. The maximum Gasteiger partial charge on any atom is 0.248 e. The molecule has 1 N–H and O–H groups in total. The second-order valence-corrected chi connectivity index (χ2v) is 4.94. The molecule has 24 heavy (non-hydrogen) atoms. The van der Waals surface area contributed by atoms with Crippen LogP contribution in [0.4, 0.5) is 5.69 Å². The number of hydrogen-bond donors (Lipinski definition) is 1. The van der Waals surface area contributed by atoms with Gasteiger partial charge in [0.25, 0.3) is 0 Å². The first-order valence-electron chi connectivity index (χ1n) is 7.34. The second-order valence-electron chi connectivity index (χ2n) is 4.94. The molecule has 0 spiro atoms. The van der Waals surface area contributed by atoms with Crippen LogP contribution in [0.1, 0.15) is 11.1 Å². The van der Waals surface area contributed by atoms with E-state index in [0.717, 1.165) is 11.1 Å². The molecule has 0 aromatic heterocycles. The van der Waals surface area contributed by atoms with Gasteiger partial charge in [0, 0.05) is 17.3 Å². The summed E-state index contributed by atoms with van der Waals surface area (Å²) in [6.45, 7) is 0. The largest absolute Gasteiger partial charge is 0.493 e. The Balaban J connectivity index is 2.07. The number of rotatable bonds is 6. The van der Waals surface area contributed by atoms with Crippen molar-refractivity contribution in [3.63, 3.8) is 0 Å². The van der Waals surface area contributed by atoms with E-state index in [4.69, 9.17) is 14.7 Å². The van der Waals surface area contributed by atoms with E-state index in [2.05, 4.69) is 11.4 Å². The van der Waals surface area contributed by atoms with Gasteiger partial charge < -0.3 is 14.8 Å². The van der Waals surface area contributed by atoms with Crippen LogP contribution >= 0.6 is 0 Å². The van der Waals surface area contributed by atoms with E-state index >= 15 is 0 Å². The highest BCUT2D eigenvalue weighted by atomic mass is 16.5. The number of amides is 1. The van der Waals surface area contributed by atoms with Crippen molar-refractivity contribution >= 4 is 17.7 Å². The summed E-state index contributed by atoms with van der Waals surface area (Å²) >= 11 is 0. The summed E-state index contributed by atoms with van der Waals surface area (Å²) in [6, 6.07) is 14.7. The summed E-state index contributed by atoms with van der Waals surface area (Å²) in [5.74, 6) is 0.922. The molecular formula is C19H18N2O3. The number of methoxy groups -OCH3 is 2. The minimum atomic E-state index is -0.257. The number of nitriles is 1. The third-order valence-electron chi connectivity index (χ3n) is 3.35. The number of hydrogen-bond acceptors (Lipinski definition) is 4. The average molecular weight is 322 g/mol. The Labute approximate surface area is 141 Å². The Kier molecular flexibility index (Phi) is 5.98. The average Bonchev–Trinajstić information content (AvgIpc) is 2.61. The molecule has 0 radical (unpaired) electrons. The molecule has 5 heteroatoms. The summed E-state index contributed by atoms with van der Waals surface area (Å²) < 4.78 is 10.5. The van der Waals surface area contributed by atoms with Crippen LogP contribution in [0.25, 0.3) is 6.08 Å². The third-order valence-corrected chi connectivity index (χ3v) is 3.35. The Bertz CT molecular complexity index is 774. The first-order chi connectivity index (χ1) is 11.7. The summed E-state index contributed by atoms with van der Waals surface area (Å²) in [6.07, 6.45) is 3.45. The van der Waals surface area contributed by atoms with Gasteiger partial charge in [-0.3, -0.25) is 4.79 Å². The van der Waals surface area contributed by atoms with Gasteiger partial charge in [0.05, 0.1) is 26.7 Å². The normalized spacial score (nSPS) is 10.2. The quantitative estimate of drug-likeness (QED) is 0.827. The molecule has 0 bridgehead atoms. The molecule has 2 aromatic carbocycles. The van der Waals surface area contributed by atoms with Gasteiger partial charge in [0.15, 0.2) is 11.5 Å². The lowest BCUT2D eigenvalue weighted by Crippen LogP contribution is -2.07. The molecule has 122 valence electrons. The van der Waals surface area contributed by atoms with E-state index in [1.807, 2.05) is 24.3 Å². The van der Waals surface area contributed by atoms with Gasteiger partial charge in [-0.05, 0) is 29.8 Å². The first kappa shape index (κ1) is 17.1. The zero-order valence-electron chi connectivity index (χ0n) is 13.6. The maximum atomic E-state index is 12.0. The van der Waals surface area contributed by atoms with E-state index in [1.54, 1.807) is 38.5 Å². The number of benzene rings is 2. The number of carbonyl (C=O) groups excluding carboxylic acids is 1. The van der Waals surface area contributed by atoms with Crippen molar-refractivity contribution in [1.29, 1.82) is 5.26 Å². The van der Waals surface area contributed by atoms with E-state index < -0.39 is 0 Å². The molecule has 0 heterocycles. The van der Waals surface area contributed by atoms with Gasteiger partial charge in [0.1, 0.15) is 0 Å². The van der Waals surface area contributed by atoms with Gasteiger partial charge >= 0.3 is 0 Å². The maximum absolute atomic E-state index is 12.0. The van der Waals surface area contributed by atoms with E-state index in [9.17, 15) is 4.79 Å². The summed E-state index contributed by atoms with van der Waals surface area (Å²) in [5, 5.41) is 11.4. The van der Waals surface area contributed by atoms with Crippen molar-refractivity contribution in [1.82, 2.24) is 0 Å². The molecule has 1 amide bonds. The lowest BCUT2D eigenvalue weighted by molar-refractivity contribution is -0.111. The predicted molar refractivity (Wildman–Crippen MR) is 93.0 cm³/mol. The molecule has 0 atom stereocenters. The van der Waals surface area contributed by atoms with Crippen molar-refractivity contribution in [2.24, 2.45) is 0 Å². The fourth-order valence-corrected chi connectivity index (χ4v) is 2.19. The minimum absolute atomic E-state index is 0.257. The number of nitrogens with zero attached hydrogens (tertiary/aromatic N) is 1. The molecule has 0 saturated heterocycles. The zero-order chi connectivity index (χ0) is 17.4. The minimum Gasteiger partial charge on any atom is -0.493 e. The van der Waals surface area contributed by atoms with E-state index in [0.29, 0.717) is 23.6 Å². The van der Waals surface area contributed by atoms with Crippen molar-refractivity contribution in [3.05, 3.63) is 59.7 Å². The molecule has 0 aliphatic heterocycles. The Morgan fingerprint density at radius 1 is 1.17 bits per heavy atom. The molecule has 0 fully saturated rings. The standard InChI is InChI=1S/C19H18N2O3/c1-23-17-5-3-4-15(19(17)24-2)8-11-18(22)21-16-9-6-14(7-10-16)12-13-20/h3-11H,12H2,1-2H3,(H,21,22)/b11-8+. The smallest absolute Gasteiger partial charge is 0.248 e. The van der Waals surface area contributed by atoms with Crippen LogP contribution in [0.15, 0.2) is 48.5 Å². The fraction of sp³-hybridized carbons (Fsp3) is 0.158. The predicted octanol–water partition coefficient (Wildman–Crippen LogP) is 3.42. The molecular weight excluding hydrogens is 304 g/mol. The number of nitrogens with one attached hydrogen (secondary N) is 1. The van der Waals surface area contributed by atoms with Crippen molar-refractivity contribution < 1.29 is 14.3 Å². The highest BCUT2D eigenvalue weighted by Crippen LogP contribution is 2.31. The summed E-state index contributed by atoms with van der Waals surface area (Å²) in [5.41, 5.74) is 2.33. The van der Waals surface area contributed by atoms with Crippen LogP contribution < -0.4 is 14.8 Å². The number of ether oxygens (including phenoxy) is 2. The first-order valence-corrected chi connectivity index (χ1v) is 7.34. The Morgan fingerprint density at radius 3 is 2.54 bits per heavy atom. The molecule has 0 saturated carbocycles. The monoisotopic (exact) mass is 322 g/mol. The lowest BCUT2D eigenvalue weighted by Gasteiger charge is -2.09. The van der Waals surface area contributed by atoms with Crippen LogP contribution in [0.2, 0.25) is 0 Å². The van der Waals surface area contributed by atoms with Gasteiger partial charge in [-0.15, -0.1) is 0 Å². The highest BCUT2D eigenvalue weighted by molar-refractivity contribution is 6.02. The number of carbonyl (C=O) groups is 1. The molecule has 0 aliphatic carbocycles. The lowest BCUT2D eigenvalue weighted by atomic mass is 10.1. The van der Waals surface area contributed by atoms with Gasteiger partial charge in [-0.1, -0.05) is 24.3 Å². The van der Waals surface area contributed by atoms with Crippen molar-refractivity contribution in [2.45, 2.75) is 6.42 Å². The summed E-state index contributed by atoms with van der Waals surface area (Å²) in [7, 11) is 3.12. The highest BCUT2D eigenvalue weighted by Gasteiger charge is 2.07. The topological polar surface area (TPSA) is 71.3 Å². The van der Waals surface area contributed by atoms with Gasteiger partial charge in [-0.25, -0.2) is 0 Å². The van der Waals surface area contributed by atoms with Crippen molar-refractivity contribution in [2.75, 3.05) is 19.5 Å². The molecule has 5 nitrogen and oxygen atoms in total. The van der Waals surface area contributed by atoms with Crippen LogP contribution in [0.3, 0.4) is 0 Å². The van der Waals surface area contributed by atoms with Crippen LogP contribution in [0.5, 0.6) is 11.5 Å². The van der Waals surface area contributed by atoms with Crippen molar-refractivity contribution in [3.8, 4) is 17.6 Å². The number of anilines is 1. The van der Waals surface area contributed by atoms with E-state index in [-0.39, 0.29) is 5.91 Å². The van der Waals surface area contributed by atoms with Crippen LogP contribution in [0, 0.1) is 11.3 Å². The Morgan fingerprint density at radius 2 is 1.92 bits per heavy atom. The molecule has 0 unspecified atom stereocenters. The van der Waals surface area contributed by atoms with Gasteiger partial charge in [0.2, 0.25) is 5.91 Å². The molecule has 0 aliphatic rings.